The number of hydrogen-bond donors (Lipinski definition) is 0. The van der Waals surface area contributed by atoms with Gasteiger partial charge in [0.2, 0.25) is 5.50 Å². The summed E-state index contributed by atoms with van der Waals surface area (Å²) in [5, 5.41) is 11.0. The highest BCUT2D eigenvalue weighted by Gasteiger charge is 2.40. The van der Waals surface area contributed by atoms with Crippen molar-refractivity contribution in [3.63, 3.8) is 0 Å². The zero-order valence-electron chi connectivity index (χ0n) is 18.5. The van der Waals surface area contributed by atoms with Gasteiger partial charge in [-0.3, -0.25) is 14.7 Å². The van der Waals surface area contributed by atoms with Crippen LogP contribution >= 0.6 is 7.60 Å². The average Bonchev–Trinajstić information content (AvgIpc) is 2.66. The van der Waals surface area contributed by atoms with E-state index in [0.29, 0.717) is 11.1 Å². The van der Waals surface area contributed by atoms with Gasteiger partial charge in [0.1, 0.15) is 6.10 Å². The van der Waals surface area contributed by atoms with Crippen molar-refractivity contribution in [3.8, 4) is 0 Å². The molecule has 0 amide bonds. The van der Waals surface area contributed by atoms with Crippen LogP contribution in [-0.4, -0.2) is 35.8 Å². The minimum Gasteiger partial charge on any atom is -0.478 e. The fourth-order valence-corrected chi connectivity index (χ4v) is 4.95. The highest BCUT2D eigenvalue weighted by molar-refractivity contribution is 7.58. The molecule has 0 saturated carbocycles. The Morgan fingerprint density at radius 3 is 2.16 bits per heavy atom. The molecule has 0 saturated heterocycles. The minimum absolute atomic E-state index is 0.0381. The van der Waals surface area contributed by atoms with Crippen LogP contribution in [0, 0.1) is 10.1 Å². The van der Waals surface area contributed by atoms with Gasteiger partial charge in [0, 0.05) is 12.1 Å². The monoisotopic (exact) mass is 453 g/mol. The van der Waals surface area contributed by atoms with Gasteiger partial charge in [-0.1, -0.05) is 0 Å². The SMILES string of the molecule is CCOC(=O)C1=C(c2ccc([N+](=O)[O-])cc2)C=C(P(=O)(OC(C)C)OC(C)C)OC1C. The quantitative estimate of drug-likeness (QED) is 0.216. The van der Waals surface area contributed by atoms with E-state index in [4.69, 9.17) is 18.5 Å². The Labute approximate surface area is 181 Å². The third kappa shape index (κ3) is 6.03. The van der Waals surface area contributed by atoms with Crippen molar-refractivity contribution in [2.45, 2.75) is 59.9 Å². The fourth-order valence-electron chi connectivity index (χ4n) is 3.01. The zero-order chi connectivity index (χ0) is 23.3. The molecule has 0 radical (unpaired) electrons. The van der Waals surface area contributed by atoms with Crippen molar-refractivity contribution in [3.05, 3.63) is 57.1 Å². The summed E-state index contributed by atoms with van der Waals surface area (Å²) in [4.78, 5) is 23.1. The standard InChI is InChI=1S/C21H28NO8P/c1-7-27-21(23)20-15(6)28-19(31(26,29-13(2)3)30-14(4)5)12-18(20)16-8-10-17(11-9-16)22(24)25/h8-15H,7H2,1-6H3. The number of benzene rings is 1. The van der Waals surface area contributed by atoms with Gasteiger partial charge in [0.15, 0.2) is 0 Å². The molecular weight excluding hydrogens is 425 g/mol. The Bertz CT molecular complexity index is 919. The van der Waals surface area contributed by atoms with Crippen molar-refractivity contribution >= 4 is 24.8 Å². The second-order valence-corrected chi connectivity index (χ2v) is 9.26. The maximum atomic E-state index is 13.6. The van der Waals surface area contributed by atoms with Crippen LogP contribution in [-0.2, 0) is 27.9 Å². The molecule has 0 aromatic heterocycles. The van der Waals surface area contributed by atoms with Crippen LogP contribution in [0.25, 0.3) is 5.57 Å². The largest absolute Gasteiger partial charge is 0.478 e. The van der Waals surface area contributed by atoms with Gasteiger partial charge < -0.3 is 18.5 Å². The maximum Gasteiger partial charge on any atom is 0.396 e. The molecule has 1 aromatic carbocycles. The molecule has 2 rings (SSSR count). The van der Waals surface area contributed by atoms with Crippen LogP contribution in [0.3, 0.4) is 0 Å². The summed E-state index contributed by atoms with van der Waals surface area (Å²) in [7, 11) is -3.86. The normalized spacial score (nSPS) is 16.9. The highest BCUT2D eigenvalue weighted by Crippen LogP contribution is 2.60. The number of carbonyl (C=O) groups excluding carboxylic acids is 1. The Morgan fingerprint density at radius 1 is 1.16 bits per heavy atom. The number of allylic oxidation sites excluding steroid dienone is 2. The summed E-state index contributed by atoms with van der Waals surface area (Å²) < 4.78 is 35.8. The lowest BCUT2D eigenvalue weighted by molar-refractivity contribution is -0.384. The first-order valence-corrected chi connectivity index (χ1v) is 11.5. The van der Waals surface area contributed by atoms with Gasteiger partial charge in [0.05, 0.1) is 29.3 Å². The van der Waals surface area contributed by atoms with E-state index in [-0.39, 0.29) is 23.4 Å². The van der Waals surface area contributed by atoms with E-state index in [1.54, 1.807) is 41.5 Å². The van der Waals surface area contributed by atoms with E-state index < -0.39 is 36.8 Å². The van der Waals surface area contributed by atoms with E-state index >= 15 is 0 Å². The molecule has 0 aliphatic carbocycles. The molecule has 1 atom stereocenters. The van der Waals surface area contributed by atoms with Gasteiger partial charge in [-0.2, -0.15) is 0 Å². The van der Waals surface area contributed by atoms with E-state index in [1.165, 1.54) is 30.3 Å². The van der Waals surface area contributed by atoms with Crippen LogP contribution < -0.4 is 0 Å². The van der Waals surface area contributed by atoms with Gasteiger partial charge in [-0.15, -0.1) is 0 Å². The first-order valence-electron chi connectivity index (χ1n) is 10.00. The molecule has 0 bridgehead atoms. The van der Waals surface area contributed by atoms with Crippen molar-refractivity contribution in [1.82, 2.24) is 0 Å². The first kappa shape index (κ1) is 24.8. The van der Waals surface area contributed by atoms with Crippen molar-refractivity contribution < 1.29 is 32.8 Å². The molecule has 170 valence electrons. The lowest BCUT2D eigenvalue weighted by Gasteiger charge is -2.31. The predicted molar refractivity (Wildman–Crippen MR) is 115 cm³/mol. The molecule has 31 heavy (non-hydrogen) atoms. The zero-order valence-corrected chi connectivity index (χ0v) is 19.4. The van der Waals surface area contributed by atoms with Gasteiger partial charge in [0.25, 0.3) is 5.69 Å². The molecule has 10 heteroatoms. The number of rotatable bonds is 9. The molecular formula is C21H28NO8P. The van der Waals surface area contributed by atoms with Crippen LogP contribution in [0.1, 0.15) is 47.1 Å². The van der Waals surface area contributed by atoms with Gasteiger partial charge in [-0.25, -0.2) is 4.79 Å². The van der Waals surface area contributed by atoms with E-state index in [2.05, 4.69) is 0 Å². The number of nitrogens with zero attached hydrogens (tertiary/aromatic N) is 1. The molecule has 1 aromatic rings. The van der Waals surface area contributed by atoms with Crippen LogP contribution in [0.5, 0.6) is 0 Å². The third-order valence-corrected chi connectivity index (χ3v) is 6.29. The topological polar surface area (TPSA) is 114 Å². The van der Waals surface area contributed by atoms with Gasteiger partial charge in [-0.05, 0) is 70.9 Å². The molecule has 0 spiro atoms. The van der Waals surface area contributed by atoms with Crippen LogP contribution in [0.4, 0.5) is 5.69 Å². The van der Waals surface area contributed by atoms with Crippen molar-refractivity contribution in [1.29, 1.82) is 0 Å². The maximum absolute atomic E-state index is 13.6. The number of nitro groups is 1. The number of nitro benzene ring substituents is 1. The first-order chi connectivity index (χ1) is 14.5. The summed E-state index contributed by atoms with van der Waals surface area (Å²) in [5.41, 5.74) is 0.955. The Hall–Kier alpha value is -2.48. The second kappa shape index (κ2) is 10.2. The highest BCUT2D eigenvalue weighted by atomic mass is 31.2. The number of esters is 1. The molecule has 0 fully saturated rings. The Balaban J connectivity index is 2.68. The van der Waals surface area contributed by atoms with E-state index in [9.17, 15) is 19.5 Å². The smallest absolute Gasteiger partial charge is 0.396 e. The third-order valence-electron chi connectivity index (χ3n) is 4.12. The van der Waals surface area contributed by atoms with Crippen molar-refractivity contribution in [2.24, 2.45) is 0 Å². The number of ether oxygens (including phenoxy) is 2. The lowest BCUT2D eigenvalue weighted by atomic mass is 9.95. The molecule has 9 nitrogen and oxygen atoms in total. The number of carbonyl (C=O) groups is 1. The molecule has 1 unspecified atom stereocenters. The molecule has 1 heterocycles. The van der Waals surface area contributed by atoms with Gasteiger partial charge >= 0.3 is 13.6 Å². The molecule has 1 aliphatic heterocycles. The lowest BCUT2D eigenvalue weighted by Crippen LogP contribution is -2.26. The van der Waals surface area contributed by atoms with E-state index in [0.717, 1.165) is 0 Å². The number of non-ortho nitro benzene ring substituents is 1. The summed E-state index contributed by atoms with van der Waals surface area (Å²) in [6.45, 7) is 10.4. The van der Waals surface area contributed by atoms with Crippen molar-refractivity contribution in [2.75, 3.05) is 6.61 Å². The summed E-state index contributed by atoms with van der Waals surface area (Å²) in [6, 6.07) is 5.67. The van der Waals surface area contributed by atoms with Crippen LogP contribution in [0.15, 0.2) is 41.4 Å². The summed E-state index contributed by atoms with van der Waals surface area (Å²) in [6.07, 6.45) is -0.215. The summed E-state index contributed by atoms with van der Waals surface area (Å²) >= 11 is 0. The Kier molecular flexibility index (Phi) is 8.17. The Morgan fingerprint density at radius 2 is 1.71 bits per heavy atom. The molecule has 1 aliphatic rings. The fraction of sp³-hybridized carbons (Fsp3) is 0.476. The second-order valence-electron chi connectivity index (χ2n) is 7.40. The number of hydrogen-bond acceptors (Lipinski definition) is 8. The average molecular weight is 453 g/mol. The predicted octanol–water partition coefficient (Wildman–Crippen LogP) is 5.21. The van der Waals surface area contributed by atoms with Crippen LogP contribution in [0.2, 0.25) is 0 Å². The summed E-state index contributed by atoms with van der Waals surface area (Å²) in [5.74, 6) is -0.594. The van der Waals surface area contributed by atoms with E-state index in [1.807, 2.05) is 0 Å². The molecule has 0 N–H and O–H groups in total. The minimum atomic E-state index is -3.86.